The molecule has 0 bridgehead atoms. The Kier molecular flexibility index (Phi) is 6.19. The molecule has 1 aromatic heterocycles. The number of nitrogens with one attached hydrogen (secondary N) is 1. The second-order valence-electron chi connectivity index (χ2n) is 7.07. The molecular weight excluding hydrogens is 340 g/mol. The van der Waals surface area contributed by atoms with Crippen LogP contribution in [0.4, 0.5) is 0 Å². The van der Waals surface area contributed by atoms with Gasteiger partial charge in [-0.1, -0.05) is 30.3 Å². The van der Waals surface area contributed by atoms with Crippen LogP contribution in [0.15, 0.2) is 48.8 Å². The van der Waals surface area contributed by atoms with Gasteiger partial charge in [0.1, 0.15) is 6.04 Å². The van der Waals surface area contributed by atoms with Gasteiger partial charge in [-0.05, 0) is 43.3 Å². The lowest BCUT2D eigenvalue weighted by Crippen LogP contribution is -2.37. The first-order chi connectivity index (χ1) is 13.1. The van der Waals surface area contributed by atoms with Crippen molar-refractivity contribution in [1.82, 2.24) is 20.1 Å². The molecule has 0 saturated heterocycles. The molecule has 1 atom stereocenters. The minimum atomic E-state index is -0.387. The van der Waals surface area contributed by atoms with Gasteiger partial charge < -0.3 is 10.2 Å². The van der Waals surface area contributed by atoms with Crippen molar-refractivity contribution in [2.75, 3.05) is 20.6 Å². The van der Waals surface area contributed by atoms with E-state index >= 15 is 0 Å². The Labute approximate surface area is 160 Å². The first-order valence-electron chi connectivity index (χ1n) is 9.25. The molecule has 1 aliphatic rings. The van der Waals surface area contributed by atoms with Crippen LogP contribution in [0.1, 0.15) is 35.6 Å². The van der Waals surface area contributed by atoms with Crippen LogP contribution in [0.3, 0.4) is 0 Å². The van der Waals surface area contributed by atoms with Crippen LogP contribution in [0.5, 0.6) is 0 Å². The number of amides is 2. The summed E-state index contributed by atoms with van der Waals surface area (Å²) in [5.74, 6) is 0.0610. The van der Waals surface area contributed by atoms with Crippen LogP contribution >= 0.6 is 0 Å². The molecule has 27 heavy (non-hydrogen) atoms. The molecular formula is C21H26N4O2. The molecule has 3 rings (SSSR count). The molecule has 0 aliphatic carbocycles. The molecule has 1 N–H and O–H groups in total. The number of benzene rings is 1. The summed E-state index contributed by atoms with van der Waals surface area (Å²) in [4.78, 5) is 32.8. The third-order valence-corrected chi connectivity index (χ3v) is 4.83. The summed E-state index contributed by atoms with van der Waals surface area (Å²) in [6.45, 7) is 1.85. The van der Waals surface area contributed by atoms with Crippen molar-refractivity contribution < 1.29 is 9.59 Å². The summed E-state index contributed by atoms with van der Waals surface area (Å²) in [6, 6.07) is 11.5. The number of likely N-dealkylation sites (N-methyl/N-ethyl adjacent to an activating group) is 1. The minimum Gasteiger partial charge on any atom is -0.354 e. The lowest BCUT2D eigenvalue weighted by Gasteiger charge is -2.23. The number of carbonyl (C=O) groups is 2. The van der Waals surface area contributed by atoms with E-state index in [9.17, 15) is 9.59 Å². The lowest BCUT2D eigenvalue weighted by molar-refractivity contribution is -0.132. The molecule has 1 aliphatic heterocycles. The zero-order valence-corrected chi connectivity index (χ0v) is 15.9. The quantitative estimate of drug-likeness (QED) is 0.763. The van der Waals surface area contributed by atoms with Gasteiger partial charge >= 0.3 is 0 Å². The van der Waals surface area contributed by atoms with Gasteiger partial charge in [0.05, 0.1) is 0 Å². The number of aromatic nitrogens is 1. The van der Waals surface area contributed by atoms with Gasteiger partial charge in [-0.3, -0.25) is 19.5 Å². The fourth-order valence-electron chi connectivity index (χ4n) is 3.44. The second-order valence-corrected chi connectivity index (χ2v) is 7.07. The molecule has 6 nitrogen and oxygen atoms in total. The number of carbonyl (C=O) groups excluding carboxylic acids is 2. The van der Waals surface area contributed by atoms with Gasteiger partial charge in [-0.2, -0.15) is 0 Å². The van der Waals surface area contributed by atoms with E-state index in [0.717, 1.165) is 5.56 Å². The van der Waals surface area contributed by atoms with Crippen LogP contribution < -0.4 is 5.32 Å². The highest BCUT2D eigenvalue weighted by Gasteiger charge is 2.24. The molecule has 6 heteroatoms. The number of nitrogens with zero attached hydrogens (tertiary/aromatic N) is 3. The monoisotopic (exact) mass is 366 g/mol. The summed E-state index contributed by atoms with van der Waals surface area (Å²) in [7, 11) is 3.73. The largest absolute Gasteiger partial charge is 0.354 e. The third-order valence-electron chi connectivity index (χ3n) is 4.83. The molecule has 2 aromatic rings. The van der Waals surface area contributed by atoms with E-state index < -0.39 is 0 Å². The Bertz CT molecular complexity index is 767. The molecule has 142 valence electrons. The second kappa shape index (κ2) is 8.77. The van der Waals surface area contributed by atoms with Gasteiger partial charge in [-0.25, -0.2) is 0 Å². The van der Waals surface area contributed by atoms with Crippen LogP contribution in [0.25, 0.3) is 0 Å². The van der Waals surface area contributed by atoms with Gasteiger partial charge in [0.15, 0.2) is 0 Å². The summed E-state index contributed by atoms with van der Waals surface area (Å²) in [5.41, 5.74) is 3.31. The van der Waals surface area contributed by atoms with Crippen molar-refractivity contribution in [3.05, 3.63) is 65.5 Å². The molecule has 0 spiro atoms. The summed E-state index contributed by atoms with van der Waals surface area (Å²) in [6.07, 6.45) is 4.47. The molecule has 2 heterocycles. The fourth-order valence-corrected chi connectivity index (χ4v) is 3.44. The van der Waals surface area contributed by atoms with E-state index in [1.807, 2.05) is 48.2 Å². The predicted molar refractivity (Wildman–Crippen MR) is 104 cm³/mol. The Morgan fingerprint density at radius 3 is 2.44 bits per heavy atom. The Morgan fingerprint density at radius 1 is 1.15 bits per heavy atom. The minimum absolute atomic E-state index is 0.0750. The lowest BCUT2D eigenvalue weighted by atomic mass is 10.1. The highest BCUT2D eigenvalue weighted by atomic mass is 16.2. The molecule has 0 radical (unpaired) electrons. The first kappa shape index (κ1) is 19.0. The van der Waals surface area contributed by atoms with E-state index in [0.29, 0.717) is 32.5 Å². The molecule has 1 aromatic carbocycles. The van der Waals surface area contributed by atoms with E-state index in [2.05, 4.69) is 22.4 Å². The van der Waals surface area contributed by atoms with Crippen molar-refractivity contribution in [2.24, 2.45) is 0 Å². The zero-order chi connectivity index (χ0) is 19.2. The van der Waals surface area contributed by atoms with Crippen LogP contribution in [0.2, 0.25) is 0 Å². The molecule has 0 unspecified atom stereocenters. The van der Waals surface area contributed by atoms with Gasteiger partial charge in [0.25, 0.3) is 0 Å². The van der Waals surface area contributed by atoms with Gasteiger partial charge in [0.2, 0.25) is 11.8 Å². The van der Waals surface area contributed by atoms with Crippen LogP contribution in [-0.4, -0.2) is 47.2 Å². The average molecular weight is 366 g/mol. The topological polar surface area (TPSA) is 65.5 Å². The number of hydrogen-bond donors (Lipinski definition) is 1. The average Bonchev–Trinajstić information content (AvgIpc) is 3.10. The Balaban J connectivity index is 1.44. The molecule has 0 saturated carbocycles. The number of hydrogen-bond acceptors (Lipinski definition) is 4. The molecule has 0 fully saturated rings. The van der Waals surface area contributed by atoms with E-state index in [4.69, 9.17) is 0 Å². The predicted octanol–water partition coefficient (Wildman–Crippen LogP) is 2.12. The Hall–Kier alpha value is -2.73. The highest BCUT2D eigenvalue weighted by Crippen LogP contribution is 2.23. The maximum Gasteiger partial charge on any atom is 0.242 e. The number of fused-ring (bicyclic) bond motifs is 1. The van der Waals surface area contributed by atoms with E-state index in [1.54, 1.807) is 12.4 Å². The normalized spacial score (nSPS) is 14.1. The third kappa shape index (κ3) is 4.71. The fraction of sp³-hybridized carbons (Fsp3) is 0.381. The highest BCUT2D eigenvalue weighted by molar-refractivity contribution is 5.83. The zero-order valence-electron chi connectivity index (χ0n) is 15.9. The summed E-state index contributed by atoms with van der Waals surface area (Å²) >= 11 is 0. The van der Waals surface area contributed by atoms with Crippen molar-refractivity contribution in [3.8, 4) is 0 Å². The van der Waals surface area contributed by atoms with Crippen molar-refractivity contribution in [1.29, 1.82) is 0 Å². The van der Waals surface area contributed by atoms with Gasteiger partial charge in [-0.15, -0.1) is 0 Å². The summed E-state index contributed by atoms with van der Waals surface area (Å²) < 4.78 is 0. The SMILES string of the molecule is CN(C)[C@H](C(=O)NCCCC(=O)N1Cc2ccccc2C1)c1cccnc1. The molecule has 2 amide bonds. The summed E-state index contributed by atoms with van der Waals surface area (Å²) in [5, 5.41) is 2.95. The maximum absolute atomic E-state index is 12.6. The van der Waals surface area contributed by atoms with Gasteiger partial charge in [0, 0.05) is 38.4 Å². The van der Waals surface area contributed by atoms with E-state index in [-0.39, 0.29) is 17.9 Å². The first-order valence-corrected chi connectivity index (χ1v) is 9.25. The number of pyridine rings is 1. The van der Waals surface area contributed by atoms with E-state index in [1.165, 1.54) is 11.1 Å². The van der Waals surface area contributed by atoms with Crippen molar-refractivity contribution in [3.63, 3.8) is 0 Å². The smallest absolute Gasteiger partial charge is 0.242 e. The van der Waals surface area contributed by atoms with Crippen LogP contribution in [0, 0.1) is 0 Å². The Morgan fingerprint density at radius 2 is 1.85 bits per heavy atom. The van der Waals surface area contributed by atoms with Crippen molar-refractivity contribution in [2.45, 2.75) is 32.0 Å². The maximum atomic E-state index is 12.6. The van der Waals surface area contributed by atoms with Crippen LogP contribution in [-0.2, 0) is 22.7 Å². The number of rotatable bonds is 7. The standard InChI is InChI=1S/C21H26N4O2/c1-24(2)20(16-9-5-11-22-13-16)21(27)23-12-6-10-19(26)25-14-17-7-3-4-8-18(17)15-25/h3-5,7-9,11,13,20H,6,10,12,14-15H2,1-2H3,(H,23,27)/t20-/m0/s1. The van der Waals surface area contributed by atoms with Crippen molar-refractivity contribution >= 4 is 11.8 Å².